The minimum Gasteiger partial charge on any atom is -0.366 e. The first-order valence-electron chi connectivity index (χ1n) is 6.22. The molecular formula is C14H15N3O3S. The zero-order valence-corrected chi connectivity index (χ0v) is 12.2. The van der Waals surface area contributed by atoms with Gasteiger partial charge in [-0.3, -0.25) is 9.78 Å². The first kappa shape index (κ1) is 15.1. The smallest absolute Gasteiger partial charge is 0.248 e. The van der Waals surface area contributed by atoms with Crippen LogP contribution in [0.2, 0.25) is 0 Å². The van der Waals surface area contributed by atoms with Crippen LogP contribution >= 0.6 is 0 Å². The van der Waals surface area contributed by atoms with E-state index in [9.17, 15) is 13.2 Å². The number of sulfonamides is 1. The number of nitrogens with two attached hydrogens (primary N) is 1. The van der Waals surface area contributed by atoms with Gasteiger partial charge in [0, 0.05) is 24.0 Å². The lowest BCUT2D eigenvalue weighted by molar-refractivity contribution is 0.1000. The number of primary amides is 1. The monoisotopic (exact) mass is 305 g/mol. The van der Waals surface area contributed by atoms with Gasteiger partial charge in [0.05, 0.1) is 4.90 Å². The summed E-state index contributed by atoms with van der Waals surface area (Å²) in [5.74, 6) is -0.600. The van der Waals surface area contributed by atoms with Crippen LogP contribution in [0.5, 0.6) is 0 Å². The molecule has 1 atom stereocenters. The average Bonchev–Trinajstić information content (AvgIpc) is 2.48. The van der Waals surface area contributed by atoms with Crippen molar-refractivity contribution < 1.29 is 13.2 Å². The lowest BCUT2D eigenvalue weighted by Crippen LogP contribution is -2.27. The second kappa shape index (κ2) is 6.02. The van der Waals surface area contributed by atoms with Gasteiger partial charge in [-0.2, -0.15) is 0 Å². The second-order valence-corrected chi connectivity index (χ2v) is 6.23. The topological polar surface area (TPSA) is 102 Å². The molecule has 0 saturated heterocycles. The molecule has 1 amide bonds. The number of pyridine rings is 1. The number of benzene rings is 1. The van der Waals surface area contributed by atoms with E-state index in [4.69, 9.17) is 5.73 Å². The van der Waals surface area contributed by atoms with Crippen molar-refractivity contribution >= 4 is 15.9 Å². The summed E-state index contributed by atoms with van der Waals surface area (Å²) < 4.78 is 27.1. The van der Waals surface area contributed by atoms with E-state index in [1.165, 1.54) is 24.3 Å². The number of nitrogens with one attached hydrogen (secondary N) is 1. The summed E-state index contributed by atoms with van der Waals surface area (Å²) in [5.41, 5.74) is 6.19. The highest BCUT2D eigenvalue weighted by Crippen LogP contribution is 2.16. The highest BCUT2D eigenvalue weighted by atomic mass is 32.2. The molecule has 2 rings (SSSR count). The quantitative estimate of drug-likeness (QED) is 0.867. The minimum absolute atomic E-state index is 0.0772. The number of amides is 1. The SMILES string of the molecule is C[C@H](NS(=O)(=O)c1ccc(C(N)=O)cc1)c1ccncc1. The van der Waals surface area contributed by atoms with Crippen molar-refractivity contribution in [3.05, 3.63) is 59.9 Å². The van der Waals surface area contributed by atoms with Crippen LogP contribution < -0.4 is 10.5 Å². The van der Waals surface area contributed by atoms with Gasteiger partial charge in [0.15, 0.2) is 0 Å². The summed E-state index contributed by atoms with van der Waals surface area (Å²) in [7, 11) is -3.67. The number of rotatable bonds is 5. The van der Waals surface area contributed by atoms with Crippen molar-refractivity contribution in [2.24, 2.45) is 5.73 Å². The molecule has 1 aromatic heterocycles. The molecule has 0 aliphatic heterocycles. The molecular weight excluding hydrogens is 290 g/mol. The van der Waals surface area contributed by atoms with Gasteiger partial charge >= 0.3 is 0 Å². The van der Waals surface area contributed by atoms with Crippen LogP contribution in [-0.2, 0) is 10.0 Å². The maximum Gasteiger partial charge on any atom is 0.248 e. The summed E-state index contributed by atoms with van der Waals surface area (Å²) in [6.45, 7) is 1.74. The summed E-state index contributed by atoms with van der Waals surface area (Å²) in [5, 5.41) is 0. The van der Waals surface area contributed by atoms with Crippen molar-refractivity contribution in [3.63, 3.8) is 0 Å². The van der Waals surface area contributed by atoms with Crippen molar-refractivity contribution in [2.45, 2.75) is 17.9 Å². The Morgan fingerprint density at radius 2 is 1.71 bits per heavy atom. The molecule has 3 N–H and O–H groups in total. The van der Waals surface area contributed by atoms with Crippen LogP contribution in [0, 0.1) is 0 Å². The summed E-state index contributed by atoms with van der Waals surface area (Å²) in [6, 6.07) is 8.55. The third kappa shape index (κ3) is 3.65. The Morgan fingerprint density at radius 3 is 2.24 bits per heavy atom. The van der Waals surface area contributed by atoms with E-state index in [2.05, 4.69) is 9.71 Å². The molecule has 1 heterocycles. The Labute approximate surface area is 123 Å². The normalized spacial score (nSPS) is 12.8. The van der Waals surface area contributed by atoms with Gasteiger partial charge in [-0.1, -0.05) is 0 Å². The number of hydrogen-bond acceptors (Lipinski definition) is 4. The molecule has 0 spiro atoms. The summed E-state index contributed by atoms with van der Waals surface area (Å²) in [6.07, 6.45) is 3.20. The Kier molecular flexibility index (Phi) is 4.35. The number of hydrogen-bond donors (Lipinski definition) is 2. The third-order valence-corrected chi connectivity index (χ3v) is 4.54. The number of carbonyl (C=O) groups excluding carboxylic acids is 1. The Hall–Kier alpha value is -2.25. The molecule has 0 aliphatic carbocycles. The van der Waals surface area contributed by atoms with E-state index in [0.29, 0.717) is 0 Å². The number of nitrogens with zero attached hydrogens (tertiary/aromatic N) is 1. The van der Waals surface area contributed by atoms with Crippen molar-refractivity contribution in [2.75, 3.05) is 0 Å². The van der Waals surface area contributed by atoms with Crippen LogP contribution in [0.15, 0.2) is 53.7 Å². The van der Waals surface area contributed by atoms with E-state index in [0.717, 1.165) is 5.56 Å². The Bertz CT molecular complexity index is 728. The third-order valence-electron chi connectivity index (χ3n) is 2.99. The van der Waals surface area contributed by atoms with E-state index < -0.39 is 22.0 Å². The first-order valence-corrected chi connectivity index (χ1v) is 7.70. The molecule has 2 aromatic rings. The van der Waals surface area contributed by atoms with Crippen LogP contribution in [0.3, 0.4) is 0 Å². The van der Waals surface area contributed by atoms with Crippen LogP contribution in [0.4, 0.5) is 0 Å². The molecule has 7 heteroatoms. The largest absolute Gasteiger partial charge is 0.366 e. The molecule has 21 heavy (non-hydrogen) atoms. The average molecular weight is 305 g/mol. The highest BCUT2D eigenvalue weighted by Gasteiger charge is 2.18. The van der Waals surface area contributed by atoms with Gasteiger partial charge in [-0.15, -0.1) is 0 Å². The fourth-order valence-corrected chi connectivity index (χ4v) is 3.05. The molecule has 0 radical (unpaired) electrons. The van der Waals surface area contributed by atoms with Crippen molar-refractivity contribution in [3.8, 4) is 0 Å². The number of carbonyl (C=O) groups is 1. The lowest BCUT2D eigenvalue weighted by atomic mass is 10.1. The van der Waals surface area contributed by atoms with E-state index >= 15 is 0 Å². The van der Waals surface area contributed by atoms with Gasteiger partial charge in [0.1, 0.15) is 0 Å². The predicted octanol–water partition coefficient (Wildman–Crippen LogP) is 1.22. The van der Waals surface area contributed by atoms with Gasteiger partial charge in [0.25, 0.3) is 0 Å². The molecule has 6 nitrogen and oxygen atoms in total. The Balaban J connectivity index is 2.20. The maximum absolute atomic E-state index is 12.3. The van der Waals surface area contributed by atoms with Crippen molar-refractivity contribution in [1.29, 1.82) is 0 Å². The molecule has 1 aromatic carbocycles. The predicted molar refractivity (Wildman–Crippen MR) is 77.9 cm³/mol. The molecule has 0 fully saturated rings. The molecule has 0 bridgehead atoms. The summed E-state index contributed by atoms with van der Waals surface area (Å²) >= 11 is 0. The molecule has 0 aliphatic rings. The van der Waals surface area contributed by atoms with Gasteiger partial charge in [0.2, 0.25) is 15.9 Å². The number of aromatic nitrogens is 1. The second-order valence-electron chi connectivity index (χ2n) is 4.51. The van der Waals surface area contributed by atoms with Gasteiger partial charge < -0.3 is 5.73 Å². The van der Waals surface area contributed by atoms with Gasteiger partial charge in [-0.05, 0) is 48.9 Å². The first-order chi connectivity index (χ1) is 9.90. The molecule has 0 unspecified atom stereocenters. The van der Waals surface area contributed by atoms with Crippen LogP contribution in [0.25, 0.3) is 0 Å². The standard InChI is InChI=1S/C14H15N3O3S/c1-10(11-6-8-16-9-7-11)17-21(19,20)13-4-2-12(3-5-13)14(15)18/h2-10,17H,1H3,(H2,15,18)/t10-/m0/s1. The van der Waals surface area contributed by atoms with Crippen LogP contribution in [-0.4, -0.2) is 19.3 Å². The lowest BCUT2D eigenvalue weighted by Gasteiger charge is -2.14. The molecule has 110 valence electrons. The van der Waals surface area contributed by atoms with E-state index in [-0.39, 0.29) is 10.5 Å². The Morgan fingerprint density at radius 1 is 1.14 bits per heavy atom. The summed E-state index contributed by atoms with van der Waals surface area (Å²) in [4.78, 5) is 14.9. The molecule has 0 saturated carbocycles. The zero-order chi connectivity index (χ0) is 15.5. The fraction of sp³-hybridized carbons (Fsp3) is 0.143. The fourth-order valence-electron chi connectivity index (χ4n) is 1.82. The van der Waals surface area contributed by atoms with Crippen molar-refractivity contribution in [1.82, 2.24) is 9.71 Å². The highest BCUT2D eigenvalue weighted by molar-refractivity contribution is 7.89. The minimum atomic E-state index is -3.67. The maximum atomic E-state index is 12.3. The zero-order valence-electron chi connectivity index (χ0n) is 11.4. The van der Waals surface area contributed by atoms with Gasteiger partial charge in [-0.25, -0.2) is 13.1 Å². The van der Waals surface area contributed by atoms with Crippen LogP contribution in [0.1, 0.15) is 28.9 Å². The van der Waals surface area contributed by atoms with E-state index in [1.54, 1.807) is 31.5 Å². The van der Waals surface area contributed by atoms with E-state index in [1.807, 2.05) is 0 Å².